The Labute approximate surface area is 132 Å². The second kappa shape index (κ2) is 7.21. The predicted molar refractivity (Wildman–Crippen MR) is 86.4 cm³/mol. The predicted octanol–water partition coefficient (Wildman–Crippen LogP) is 2.76. The highest BCUT2D eigenvalue weighted by Gasteiger charge is 2.14. The zero-order valence-electron chi connectivity index (χ0n) is 12.9. The second-order valence-corrected chi connectivity index (χ2v) is 4.56. The van der Waals surface area contributed by atoms with Crippen LogP contribution in [0.4, 0.5) is 11.5 Å². The summed E-state index contributed by atoms with van der Waals surface area (Å²) >= 11 is 0. The van der Waals surface area contributed by atoms with E-state index < -0.39 is 4.92 Å². The fourth-order valence-electron chi connectivity index (χ4n) is 1.88. The molecule has 8 heteroatoms. The summed E-state index contributed by atoms with van der Waals surface area (Å²) in [6.45, 7) is 1.74. The number of nitrogens with one attached hydrogen (secondary N) is 1. The van der Waals surface area contributed by atoms with E-state index in [4.69, 9.17) is 9.47 Å². The van der Waals surface area contributed by atoms with Crippen molar-refractivity contribution in [2.45, 2.75) is 6.92 Å². The minimum Gasteiger partial charge on any atom is -0.497 e. The van der Waals surface area contributed by atoms with Crippen molar-refractivity contribution < 1.29 is 14.4 Å². The van der Waals surface area contributed by atoms with Crippen molar-refractivity contribution >= 4 is 17.7 Å². The molecular weight excluding hydrogens is 300 g/mol. The minimum absolute atomic E-state index is 0.0770. The number of rotatable bonds is 6. The molecule has 1 N–H and O–H groups in total. The van der Waals surface area contributed by atoms with Crippen LogP contribution in [0.25, 0.3) is 0 Å². The Morgan fingerprint density at radius 2 is 2.04 bits per heavy atom. The number of anilines is 1. The SMILES string of the molecule is COc1ccc(OC)c(/C=N\Nc2nc(C)ccc2[N+](=O)[O-])c1. The van der Waals surface area contributed by atoms with Crippen LogP contribution in [-0.4, -0.2) is 30.3 Å². The highest BCUT2D eigenvalue weighted by Crippen LogP contribution is 2.24. The highest BCUT2D eigenvalue weighted by molar-refractivity contribution is 5.84. The Balaban J connectivity index is 2.26. The molecule has 0 unspecified atom stereocenters. The zero-order chi connectivity index (χ0) is 16.8. The second-order valence-electron chi connectivity index (χ2n) is 4.56. The smallest absolute Gasteiger partial charge is 0.313 e. The molecule has 0 aliphatic rings. The van der Waals surface area contributed by atoms with Crippen molar-refractivity contribution in [2.24, 2.45) is 5.10 Å². The number of hydrogen-bond donors (Lipinski definition) is 1. The summed E-state index contributed by atoms with van der Waals surface area (Å²) in [5.74, 6) is 1.32. The Morgan fingerprint density at radius 3 is 2.70 bits per heavy atom. The molecule has 0 spiro atoms. The van der Waals surface area contributed by atoms with E-state index in [1.54, 1.807) is 45.4 Å². The van der Waals surface area contributed by atoms with Gasteiger partial charge in [-0.15, -0.1) is 0 Å². The molecule has 1 aromatic heterocycles. The van der Waals surface area contributed by atoms with Crippen molar-refractivity contribution in [3.05, 3.63) is 51.7 Å². The fraction of sp³-hybridized carbons (Fsp3) is 0.200. The average Bonchev–Trinajstić information content (AvgIpc) is 2.54. The number of hydrogen-bond acceptors (Lipinski definition) is 7. The Kier molecular flexibility index (Phi) is 5.08. The molecule has 0 fully saturated rings. The first-order valence-electron chi connectivity index (χ1n) is 6.68. The van der Waals surface area contributed by atoms with Gasteiger partial charge in [0, 0.05) is 17.3 Å². The fourth-order valence-corrected chi connectivity index (χ4v) is 1.88. The lowest BCUT2D eigenvalue weighted by Gasteiger charge is -2.07. The van der Waals surface area contributed by atoms with E-state index in [-0.39, 0.29) is 11.5 Å². The van der Waals surface area contributed by atoms with E-state index in [9.17, 15) is 10.1 Å². The van der Waals surface area contributed by atoms with Crippen LogP contribution < -0.4 is 14.9 Å². The number of aromatic nitrogens is 1. The van der Waals surface area contributed by atoms with E-state index in [0.29, 0.717) is 22.8 Å². The maximum atomic E-state index is 11.0. The summed E-state index contributed by atoms with van der Waals surface area (Å²) in [5, 5.41) is 15.0. The van der Waals surface area contributed by atoms with E-state index in [1.165, 1.54) is 12.3 Å². The number of nitrogens with zero attached hydrogens (tertiary/aromatic N) is 3. The summed E-state index contributed by atoms with van der Waals surface area (Å²) in [5.41, 5.74) is 3.75. The van der Waals surface area contributed by atoms with E-state index in [0.717, 1.165) is 0 Å². The molecule has 1 heterocycles. The summed E-state index contributed by atoms with van der Waals surface area (Å²) in [4.78, 5) is 14.5. The molecule has 8 nitrogen and oxygen atoms in total. The van der Waals surface area contributed by atoms with Crippen molar-refractivity contribution in [3.8, 4) is 11.5 Å². The van der Waals surface area contributed by atoms with Gasteiger partial charge >= 0.3 is 5.69 Å². The van der Waals surface area contributed by atoms with Gasteiger partial charge in [-0.2, -0.15) is 5.10 Å². The number of methoxy groups -OCH3 is 2. The van der Waals surface area contributed by atoms with Crippen molar-refractivity contribution in [2.75, 3.05) is 19.6 Å². The first-order valence-corrected chi connectivity index (χ1v) is 6.68. The monoisotopic (exact) mass is 316 g/mol. The summed E-state index contributed by atoms with van der Waals surface area (Å²) < 4.78 is 10.4. The number of benzene rings is 1. The van der Waals surface area contributed by atoms with Crippen molar-refractivity contribution in [1.29, 1.82) is 0 Å². The van der Waals surface area contributed by atoms with Gasteiger partial charge in [-0.1, -0.05) is 0 Å². The normalized spacial score (nSPS) is 10.6. The first kappa shape index (κ1) is 16.2. The molecule has 0 radical (unpaired) electrons. The topological polar surface area (TPSA) is 98.9 Å². The van der Waals surface area contributed by atoms with Crippen molar-refractivity contribution in [1.82, 2.24) is 4.98 Å². The van der Waals surface area contributed by atoms with E-state index in [1.807, 2.05) is 0 Å². The number of nitro groups is 1. The van der Waals surface area contributed by atoms with Gasteiger partial charge in [0.15, 0.2) is 0 Å². The van der Waals surface area contributed by atoms with Crippen LogP contribution in [0.3, 0.4) is 0 Å². The minimum atomic E-state index is -0.517. The first-order chi connectivity index (χ1) is 11.0. The Bertz CT molecular complexity index is 746. The number of hydrazone groups is 1. The van der Waals surface area contributed by atoms with Crippen molar-refractivity contribution in [3.63, 3.8) is 0 Å². The maximum Gasteiger partial charge on any atom is 0.313 e. The van der Waals surface area contributed by atoms with E-state index in [2.05, 4.69) is 15.5 Å². The Hall–Kier alpha value is -3.16. The lowest BCUT2D eigenvalue weighted by Crippen LogP contribution is -2.01. The number of pyridine rings is 1. The quantitative estimate of drug-likeness (QED) is 0.500. The molecule has 0 amide bonds. The van der Waals surface area contributed by atoms with Crippen LogP contribution in [0, 0.1) is 17.0 Å². The average molecular weight is 316 g/mol. The number of ether oxygens (including phenoxy) is 2. The molecule has 0 aliphatic carbocycles. The summed E-state index contributed by atoms with van der Waals surface area (Å²) in [6, 6.07) is 8.19. The third-order valence-electron chi connectivity index (χ3n) is 3.02. The van der Waals surface area contributed by atoms with Crippen LogP contribution in [0.15, 0.2) is 35.4 Å². The van der Waals surface area contributed by atoms with E-state index >= 15 is 0 Å². The maximum absolute atomic E-state index is 11.0. The lowest BCUT2D eigenvalue weighted by atomic mass is 10.2. The Morgan fingerprint density at radius 1 is 1.26 bits per heavy atom. The van der Waals surface area contributed by atoms with Gasteiger partial charge in [0.1, 0.15) is 11.5 Å². The summed E-state index contributed by atoms with van der Waals surface area (Å²) in [7, 11) is 3.10. The molecule has 2 aromatic rings. The number of aryl methyl sites for hydroxylation is 1. The highest BCUT2D eigenvalue weighted by atomic mass is 16.6. The van der Waals surface area contributed by atoms with Crippen LogP contribution in [0.1, 0.15) is 11.3 Å². The van der Waals surface area contributed by atoms with Gasteiger partial charge in [-0.05, 0) is 31.2 Å². The van der Waals surface area contributed by atoms with Crippen LogP contribution in [0.2, 0.25) is 0 Å². The molecule has 120 valence electrons. The molecule has 0 saturated carbocycles. The van der Waals surface area contributed by atoms with Gasteiger partial charge in [0.25, 0.3) is 0 Å². The lowest BCUT2D eigenvalue weighted by molar-refractivity contribution is -0.384. The third kappa shape index (κ3) is 3.94. The van der Waals surface area contributed by atoms with Crippen LogP contribution >= 0.6 is 0 Å². The third-order valence-corrected chi connectivity index (χ3v) is 3.02. The molecule has 2 rings (SSSR count). The molecule has 0 bridgehead atoms. The molecule has 1 aromatic carbocycles. The van der Waals surface area contributed by atoms with Gasteiger partial charge in [-0.3, -0.25) is 15.5 Å². The molecule has 0 saturated heterocycles. The largest absolute Gasteiger partial charge is 0.497 e. The van der Waals surface area contributed by atoms with Crippen LogP contribution in [0.5, 0.6) is 11.5 Å². The van der Waals surface area contributed by atoms with Crippen LogP contribution in [-0.2, 0) is 0 Å². The standard InChI is InChI=1S/C15H16N4O4/c1-10-4-6-13(19(20)21)15(17-10)18-16-9-11-8-12(22-2)5-7-14(11)23-3/h4-9H,1-3H3,(H,17,18)/b16-9-. The zero-order valence-corrected chi connectivity index (χ0v) is 12.9. The van der Waals surface area contributed by atoms with Gasteiger partial charge in [-0.25, -0.2) is 4.98 Å². The van der Waals surface area contributed by atoms with Gasteiger partial charge in [0.2, 0.25) is 5.82 Å². The molecule has 0 atom stereocenters. The summed E-state index contributed by atoms with van der Waals surface area (Å²) in [6.07, 6.45) is 1.48. The molecule has 23 heavy (non-hydrogen) atoms. The molecule has 0 aliphatic heterocycles. The van der Waals surface area contributed by atoms with Gasteiger partial charge in [0.05, 0.1) is 25.4 Å². The van der Waals surface area contributed by atoms with Gasteiger partial charge < -0.3 is 9.47 Å². The molecular formula is C15H16N4O4.